The van der Waals surface area contributed by atoms with Crippen molar-refractivity contribution in [2.75, 3.05) is 6.61 Å². The molecule has 19 heavy (non-hydrogen) atoms. The Balaban J connectivity index is 2.56. The van der Waals surface area contributed by atoms with Gasteiger partial charge in [0.1, 0.15) is 5.56 Å². The van der Waals surface area contributed by atoms with Crippen LogP contribution in [0.3, 0.4) is 0 Å². The molecule has 7 heteroatoms. The molecule has 1 aliphatic rings. The molecule has 0 radical (unpaired) electrons. The van der Waals surface area contributed by atoms with Gasteiger partial charge >= 0.3 is 0 Å². The smallest absolute Gasteiger partial charge is 0.233 e. The summed E-state index contributed by atoms with van der Waals surface area (Å²) < 4.78 is 70.4. The van der Waals surface area contributed by atoms with Crippen LogP contribution in [0.2, 0.25) is 0 Å². The van der Waals surface area contributed by atoms with Crippen LogP contribution in [0.15, 0.2) is 11.8 Å². The van der Waals surface area contributed by atoms with Crippen LogP contribution in [-0.2, 0) is 4.74 Å². The third-order valence-electron chi connectivity index (χ3n) is 2.60. The number of allylic oxidation sites excluding steroid dienone is 2. The number of carbonyl (C=O) groups excluding carboxylic acids is 1. The maximum absolute atomic E-state index is 13.4. The van der Waals surface area contributed by atoms with Gasteiger partial charge in [0, 0.05) is 0 Å². The van der Waals surface area contributed by atoms with Gasteiger partial charge in [-0.05, 0) is 18.9 Å². The van der Waals surface area contributed by atoms with E-state index >= 15 is 0 Å². The summed E-state index contributed by atoms with van der Waals surface area (Å²) in [5.74, 6) is -12.7. The largest absolute Gasteiger partial charge is 0.490 e. The van der Waals surface area contributed by atoms with E-state index in [1.807, 2.05) is 0 Å². The highest BCUT2D eigenvalue weighted by Gasteiger charge is 2.32. The minimum absolute atomic E-state index is 0.146. The van der Waals surface area contributed by atoms with Crippen molar-refractivity contribution in [2.24, 2.45) is 0 Å². The molecule has 0 saturated heterocycles. The summed E-state index contributed by atoms with van der Waals surface area (Å²) in [5.41, 5.74) is -1.50. The van der Waals surface area contributed by atoms with E-state index < -0.39 is 46.2 Å². The molecule has 0 bridgehead atoms. The number of hydrogen-bond acceptors (Lipinski definition) is 2. The zero-order chi connectivity index (χ0) is 14.2. The van der Waals surface area contributed by atoms with Gasteiger partial charge in [-0.15, -0.1) is 0 Å². The summed E-state index contributed by atoms with van der Waals surface area (Å²) in [7, 11) is 0. The van der Waals surface area contributed by atoms with Crippen molar-refractivity contribution in [1.82, 2.24) is 0 Å². The third kappa shape index (κ3) is 2.20. The van der Waals surface area contributed by atoms with Crippen LogP contribution in [-0.4, -0.2) is 12.4 Å². The average molecular weight is 278 g/mol. The number of Topliss-reactive ketones (excluding diaryl/α,β-unsaturated/α-hetero) is 1. The Labute approximate surface area is 104 Å². The molecular weight excluding hydrogens is 271 g/mol. The van der Waals surface area contributed by atoms with Crippen molar-refractivity contribution in [3.05, 3.63) is 46.5 Å². The van der Waals surface area contributed by atoms with E-state index in [9.17, 15) is 26.7 Å². The standard InChI is InChI=1S/C12H7F5O2/c13-7-6(8(14)10(16)11(17)9(7)15)12(18)5-3-1-2-4-19-5/h3H,1-2,4H2. The Morgan fingerprint density at radius 2 is 1.47 bits per heavy atom. The second kappa shape index (κ2) is 4.99. The molecule has 0 aromatic heterocycles. The fourth-order valence-corrected chi connectivity index (χ4v) is 1.64. The Morgan fingerprint density at radius 1 is 0.947 bits per heavy atom. The maximum Gasteiger partial charge on any atom is 0.233 e. The first-order valence-electron chi connectivity index (χ1n) is 5.34. The second-order valence-corrected chi connectivity index (χ2v) is 3.83. The summed E-state index contributed by atoms with van der Waals surface area (Å²) in [5, 5.41) is 0. The van der Waals surface area contributed by atoms with Gasteiger partial charge in [0.15, 0.2) is 29.0 Å². The molecule has 1 aromatic carbocycles. The van der Waals surface area contributed by atoms with Crippen molar-refractivity contribution in [2.45, 2.75) is 12.8 Å². The van der Waals surface area contributed by atoms with Crippen molar-refractivity contribution >= 4 is 5.78 Å². The van der Waals surface area contributed by atoms with Crippen LogP contribution < -0.4 is 0 Å². The lowest BCUT2D eigenvalue weighted by atomic mass is 10.0. The van der Waals surface area contributed by atoms with Crippen molar-refractivity contribution in [1.29, 1.82) is 0 Å². The fourth-order valence-electron chi connectivity index (χ4n) is 1.64. The Hall–Kier alpha value is -1.92. The molecule has 2 rings (SSSR count). The average Bonchev–Trinajstić information content (AvgIpc) is 2.44. The molecular formula is C12H7F5O2. The molecule has 0 amide bonds. The number of ketones is 1. The fraction of sp³-hybridized carbons (Fsp3) is 0.250. The lowest BCUT2D eigenvalue weighted by Gasteiger charge is -2.14. The highest BCUT2D eigenvalue weighted by Crippen LogP contribution is 2.26. The first-order valence-corrected chi connectivity index (χ1v) is 5.34. The maximum atomic E-state index is 13.4. The second-order valence-electron chi connectivity index (χ2n) is 3.83. The van der Waals surface area contributed by atoms with Gasteiger partial charge < -0.3 is 4.74 Å². The Bertz CT molecular complexity index is 551. The van der Waals surface area contributed by atoms with E-state index in [0.717, 1.165) is 0 Å². The lowest BCUT2D eigenvalue weighted by molar-refractivity contribution is 0.0887. The third-order valence-corrected chi connectivity index (χ3v) is 2.60. The predicted octanol–water partition coefficient (Wildman–Crippen LogP) is 3.26. The Morgan fingerprint density at radius 3 is 1.95 bits per heavy atom. The zero-order valence-corrected chi connectivity index (χ0v) is 9.40. The van der Waals surface area contributed by atoms with Gasteiger partial charge in [0.05, 0.1) is 6.61 Å². The van der Waals surface area contributed by atoms with E-state index in [1.165, 1.54) is 6.08 Å². The van der Waals surface area contributed by atoms with Gasteiger partial charge in [0.25, 0.3) is 0 Å². The number of rotatable bonds is 2. The molecule has 1 aliphatic heterocycles. The van der Waals surface area contributed by atoms with E-state index in [2.05, 4.69) is 0 Å². The van der Waals surface area contributed by atoms with Gasteiger partial charge in [-0.25, -0.2) is 22.0 Å². The number of halogens is 5. The molecule has 0 aliphatic carbocycles. The van der Waals surface area contributed by atoms with E-state index in [0.29, 0.717) is 12.8 Å². The summed E-state index contributed by atoms with van der Waals surface area (Å²) in [6.07, 6.45) is 2.29. The topological polar surface area (TPSA) is 26.3 Å². The van der Waals surface area contributed by atoms with Crippen molar-refractivity contribution in [3.63, 3.8) is 0 Å². The number of hydrogen-bond donors (Lipinski definition) is 0. The van der Waals surface area contributed by atoms with Crippen LogP contribution in [0.25, 0.3) is 0 Å². The number of benzene rings is 1. The van der Waals surface area contributed by atoms with Crippen LogP contribution in [0, 0.1) is 29.1 Å². The molecule has 0 saturated carbocycles. The zero-order valence-electron chi connectivity index (χ0n) is 9.40. The van der Waals surface area contributed by atoms with Crippen LogP contribution in [0.4, 0.5) is 22.0 Å². The highest BCUT2D eigenvalue weighted by atomic mass is 19.2. The van der Waals surface area contributed by atoms with Gasteiger partial charge in [-0.2, -0.15) is 0 Å². The molecule has 2 nitrogen and oxygen atoms in total. The molecule has 0 spiro atoms. The van der Waals surface area contributed by atoms with Crippen molar-refractivity contribution < 1.29 is 31.5 Å². The van der Waals surface area contributed by atoms with Gasteiger partial charge in [-0.1, -0.05) is 0 Å². The molecule has 0 fully saturated rings. The van der Waals surface area contributed by atoms with Gasteiger partial charge in [0.2, 0.25) is 11.6 Å². The molecule has 0 N–H and O–H groups in total. The van der Waals surface area contributed by atoms with E-state index in [-0.39, 0.29) is 6.61 Å². The minimum atomic E-state index is -2.30. The summed E-state index contributed by atoms with van der Waals surface area (Å²) in [6, 6.07) is 0. The Kier molecular flexibility index (Phi) is 3.55. The SMILES string of the molecule is O=C(C1=CCCCO1)c1c(F)c(F)c(F)c(F)c1F. The molecule has 1 aromatic rings. The summed E-state index contributed by atoms with van der Waals surface area (Å²) in [4.78, 5) is 11.7. The lowest BCUT2D eigenvalue weighted by Crippen LogP contribution is -2.17. The van der Waals surface area contributed by atoms with E-state index in [1.54, 1.807) is 0 Å². The molecule has 1 heterocycles. The normalized spacial score (nSPS) is 14.9. The first kappa shape index (κ1) is 13.5. The molecule has 102 valence electrons. The molecule has 0 unspecified atom stereocenters. The minimum Gasteiger partial charge on any atom is -0.490 e. The van der Waals surface area contributed by atoms with Crippen molar-refractivity contribution in [3.8, 4) is 0 Å². The van der Waals surface area contributed by atoms with Crippen LogP contribution >= 0.6 is 0 Å². The van der Waals surface area contributed by atoms with E-state index in [4.69, 9.17) is 4.74 Å². The summed E-state index contributed by atoms with van der Waals surface area (Å²) >= 11 is 0. The predicted molar refractivity (Wildman–Crippen MR) is 53.8 cm³/mol. The number of carbonyl (C=O) groups is 1. The quantitative estimate of drug-likeness (QED) is 0.359. The summed E-state index contributed by atoms with van der Waals surface area (Å²) in [6.45, 7) is 0.146. The van der Waals surface area contributed by atoms with Gasteiger partial charge in [-0.3, -0.25) is 4.79 Å². The molecule has 0 atom stereocenters. The van der Waals surface area contributed by atoms with Crippen LogP contribution in [0.1, 0.15) is 23.2 Å². The van der Waals surface area contributed by atoms with Crippen LogP contribution in [0.5, 0.6) is 0 Å². The first-order chi connectivity index (χ1) is 8.95. The monoisotopic (exact) mass is 278 g/mol. The number of ether oxygens (including phenoxy) is 1. The highest BCUT2D eigenvalue weighted by molar-refractivity contribution is 6.07.